The van der Waals surface area contributed by atoms with Gasteiger partial charge in [0.05, 0.1) is 18.1 Å². The van der Waals surface area contributed by atoms with Gasteiger partial charge in [0.25, 0.3) is 0 Å². The summed E-state index contributed by atoms with van der Waals surface area (Å²) in [6.45, 7) is 4.14. The predicted molar refractivity (Wildman–Crippen MR) is 89.4 cm³/mol. The molecule has 1 aromatic rings. The summed E-state index contributed by atoms with van der Waals surface area (Å²) in [7, 11) is -2.97. The summed E-state index contributed by atoms with van der Waals surface area (Å²) in [5, 5.41) is 2.76. The number of rotatable bonds is 6. The van der Waals surface area contributed by atoms with Crippen molar-refractivity contribution in [3.8, 4) is 0 Å². The Morgan fingerprint density at radius 1 is 1.35 bits per heavy atom. The summed E-state index contributed by atoms with van der Waals surface area (Å²) in [5.41, 5.74) is 1.11. The van der Waals surface area contributed by atoms with Crippen LogP contribution in [0.25, 0.3) is 0 Å². The first kappa shape index (κ1) is 17.6. The van der Waals surface area contributed by atoms with E-state index in [1.54, 1.807) is 24.3 Å². The lowest BCUT2D eigenvalue weighted by molar-refractivity contribution is -0.117. The van der Waals surface area contributed by atoms with Gasteiger partial charge in [-0.1, -0.05) is 19.1 Å². The van der Waals surface area contributed by atoms with Crippen LogP contribution < -0.4 is 5.32 Å². The highest BCUT2D eigenvalue weighted by atomic mass is 32.2. The van der Waals surface area contributed by atoms with Crippen LogP contribution in [-0.4, -0.2) is 55.6 Å². The maximum atomic E-state index is 12.2. The summed E-state index contributed by atoms with van der Waals surface area (Å²) in [6.07, 6.45) is 0.573. The van der Waals surface area contributed by atoms with Crippen LogP contribution in [-0.2, 0) is 14.6 Å². The van der Waals surface area contributed by atoms with Gasteiger partial charge in [0.2, 0.25) is 5.91 Å². The smallest absolute Gasteiger partial charge is 0.238 e. The molecule has 1 aliphatic rings. The van der Waals surface area contributed by atoms with Crippen molar-refractivity contribution in [3.05, 3.63) is 29.8 Å². The molecule has 126 valence electrons. The van der Waals surface area contributed by atoms with Crippen LogP contribution in [0.4, 0.5) is 5.69 Å². The van der Waals surface area contributed by atoms with Gasteiger partial charge in [-0.2, -0.15) is 0 Å². The lowest BCUT2D eigenvalue weighted by Gasteiger charge is -2.25. The van der Waals surface area contributed by atoms with E-state index < -0.39 is 9.84 Å². The molecule has 0 saturated carbocycles. The fourth-order valence-corrected chi connectivity index (χ4v) is 4.52. The number of Topliss-reactive ketones (excluding diaryl/α,β-unsaturated/α-hetero) is 1. The van der Waals surface area contributed by atoms with Gasteiger partial charge in [-0.25, -0.2) is 8.42 Å². The third kappa shape index (κ3) is 4.87. The highest BCUT2D eigenvalue weighted by Gasteiger charge is 2.32. The number of carbonyl (C=O) groups is 2. The van der Waals surface area contributed by atoms with Gasteiger partial charge >= 0.3 is 0 Å². The number of carbonyl (C=O) groups excluding carboxylic acids is 2. The van der Waals surface area contributed by atoms with E-state index in [-0.39, 0.29) is 35.8 Å². The average Bonchev–Trinajstić information content (AvgIpc) is 2.85. The van der Waals surface area contributed by atoms with Crippen LogP contribution in [0.5, 0.6) is 0 Å². The fourth-order valence-electron chi connectivity index (χ4n) is 2.76. The van der Waals surface area contributed by atoms with E-state index in [2.05, 4.69) is 5.32 Å². The van der Waals surface area contributed by atoms with Crippen LogP contribution in [0.2, 0.25) is 0 Å². The molecule has 1 heterocycles. The predicted octanol–water partition coefficient (Wildman–Crippen LogP) is 1.34. The van der Waals surface area contributed by atoms with Gasteiger partial charge in [0.15, 0.2) is 15.6 Å². The number of ketones is 1. The van der Waals surface area contributed by atoms with Crippen molar-refractivity contribution in [2.45, 2.75) is 26.3 Å². The van der Waals surface area contributed by atoms with Gasteiger partial charge < -0.3 is 5.32 Å². The number of likely N-dealkylation sites (N-methyl/N-ethyl adjacent to an activating group) is 1. The molecular formula is C16H22N2O4S. The summed E-state index contributed by atoms with van der Waals surface area (Å²) in [6, 6.07) is 6.67. The molecule has 1 unspecified atom stereocenters. The third-order valence-corrected chi connectivity index (χ3v) is 5.78. The van der Waals surface area contributed by atoms with Gasteiger partial charge in [-0.3, -0.25) is 14.5 Å². The molecule has 7 heteroatoms. The first-order valence-electron chi connectivity index (χ1n) is 7.66. The summed E-state index contributed by atoms with van der Waals surface area (Å²) >= 11 is 0. The monoisotopic (exact) mass is 338 g/mol. The second-order valence-electron chi connectivity index (χ2n) is 5.81. The van der Waals surface area contributed by atoms with Crippen LogP contribution in [0.1, 0.15) is 30.6 Å². The SMILES string of the molecule is CCN(CC(=O)Nc1cccc(C(C)=O)c1)C1CCS(=O)(=O)C1. The van der Waals surface area contributed by atoms with E-state index in [1.807, 2.05) is 11.8 Å². The Bertz CT molecular complexity index is 700. The van der Waals surface area contributed by atoms with Crippen molar-refractivity contribution >= 4 is 27.2 Å². The lowest BCUT2D eigenvalue weighted by atomic mass is 10.1. The Kier molecular flexibility index (Phi) is 5.54. The normalized spacial score (nSPS) is 19.7. The Labute approximate surface area is 136 Å². The van der Waals surface area contributed by atoms with E-state index in [0.717, 1.165) is 0 Å². The fraction of sp³-hybridized carbons (Fsp3) is 0.500. The number of hydrogen-bond donors (Lipinski definition) is 1. The number of nitrogens with one attached hydrogen (secondary N) is 1. The summed E-state index contributed by atoms with van der Waals surface area (Å²) in [4.78, 5) is 25.4. The zero-order valence-corrected chi connectivity index (χ0v) is 14.2. The van der Waals surface area contributed by atoms with E-state index in [4.69, 9.17) is 0 Å². The van der Waals surface area contributed by atoms with Crippen molar-refractivity contribution < 1.29 is 18.0 Å². The maximum absolute atomic E-state index is 12.2. The minimum Gasteiger partial charge on any atom is -0.325 e. The molecule has 1 saturated heterocycles. The van der Waals surface area contributed by atoms with Gasteiger partial charge in [0.1, 0.15) is 0 Å². The summed E-state index contributed by atoms with van der Waals surface area (Å²) in [5.74, 6) is 0.0361. The van der Waals surface area contributed by atoms with E-state index >= 15 is 0 Å². The zero-order chi connectivity index (χ0) is 17.0. The Balaban J connectivity index is 1.98. The van der Waals surface area contributed by atoms with Crippen molar-refractivity contribution in [3.63, 3.8) is 0 Å². The Morgan fingerprint density at radius 2 is 2.09 bits per heavy atom. The van der Waals surface area contributed by atoms with Gasteiger partial charge in [0, 0.05) is 17.3 Å². The number of anilines is 1. The van der Waals surface area contributed by atoms with Crippen LogP contribution in [0, 0.1) is 0 Å². The standard InChI is InChI=1S/C16H22N2O4S/c1-3-18(15-7-8-23(21,22)11-15)10-16(20)17-14-6-4-5-13(9-14)12(2)19/h4-6,9,15H,3,7-8,10-11H2,1-2H3,(H,17,20). The minimum atomic E-state index is -2.97. The summed E-state index contributed by atoms with van der Waals surface area (Å²) < 4.78 is 23.2. The molecule has 1 aliphatic heterocycles. The van der Waals surface area contributed by atoms with Crippen molar-refractivity contribution in [1.82, 2.24) is 4.90 Å². The van der Waals surface area contributed by atoms with Crippen LogP contribution in [0.15, 0.2) is 24.3 Å². The zero-order valence-electron chi connectivity index (χ0n) is 13.4. The van der Waals surface area contributed by atoms with Gasteiger partial charge in [-0.05, 0) is 32.0 Å². The number of nitrogens with zero attached hydrogens (tertiary/aromatic N) is 1. The average molecular weight is 338 g/mol. The maximum Gasteiger partial charge on any atom is 0.238 e. The minimum absolute atomic E-state index is 0.0626. The quantitative estimate of drug-likeness (QED) is 0.791. The number of sulfone groups is 1. The second kappa shape index (κ2) is 7.23. The first-order chi connectivity index (χ1) is 10.8. The van der Waals surface area contributed by atoms with Crippen molar-refractivity contribution in [1.29, 1.82) is 0 Å². The highest BCUT2D eigenvalue weighted by Crippen LogP contribution is 2.18. The van der Waals surface area contributed by atoms with E-state index in [0.29, 0.717) is 24.2 Å². The molecule has 1 N–H and O–H groups in total. The molecule has 1 fully saturated rings. The van der Waals surface area contributed by atoms with E-state index in [1.165, 1.54) is 6.92 Å². The Hall–Kier alpha value is -1.73. The molecule has 1 amide bonds. The third-order valence-electron chi connectivity index (χ3n) is 4.03. The Morgan fingerprint density at radius 3 is 2.65 bits per heavy atom. The number of amides is 1. The second-order valence-corrected chi connectivity index (χ2v) is 8.03. The molecular weight excluding hydrogens is 316 g/mol. The topological polar surface area (TPSA) is 83.6 Å². The van der Waals surface area contributed by atoms with Crippen LogP contribution >= 0.6 is 0 Å². The molecule has 6 nitrogen and oxygen atoms in total. The molecule has 1 aromatic carbocycles. The molecule has 0 spiro atoms. The lowest BCUT2D eigenvalue weighted by Crippen LogP contribution is -2.41. The highest BCUT2D eigenvalue weighted by molar-refractivity contribution is 7.91. The number of benzene rings is 1. The molecule has 23 heavy (non-hydrogen) atoms. The molecule has 0 radical (unpaired) electrons. The molecule has 0 aromatic heterocycles. The molecule has 1 atom stereocenters. The molecule has 2 rings (SSSR count). The molecule has 0 aliphatic carbocycles. The largest absolute Gasteiger partial charge is 0.325 e. The van der Waals surface area contributed by atoms with Crippen molar-refractivity contribution in [2.75, 3.05) is 29.9 Å². The van der Waals surface area contributed by atoms with E-state index in [9.17, 15) is 18.0 Å². The first-order valence-corrected chi connectivity index (χ1v) is 9.48. The van der Waals surface area contributed by atoms with Crippen LogP contribution in [0.3, 0.4) is 0 Å². The number of hydrogen-bond acceptors (Lipinski definition) is 5. The van der Waals surface area contributed by atoms with Crippen molar-refractivity contribution in [2.24, 2.45) is 0 Å². The van der Waals surface area contributed by atoms with Gasteiger partial charge in [-0.15, -0.1) is 0 Å². The molecule has 0 bridgehead atoms.